The molecule has 0 unspecified atom stereocenters. The largest absolute Gasteiger partial charge is 0.326 e. The van der Waals surface area contributed by atoms with Crippen molar-refractivity contribution in [3.05, 3.63) is 82.7 Å². The number of aryl methyl sites for hydroxylation is 1. The summed E-state index contributed by atoms with van der Waals surface area (Å²) < 4.78 is 0. The Balaban J connectivity index is 2.08. The summed E-state index contributed by atoms with van der Waals surface area (Å²) in [6.45, 7) is 7.12. The molecular weight excluding hydrogens is 384 g/mol. The predicted octanol–water partition coefficient (Wildman–Crippen LogP) is 4.35. The number of anilines is 1. The van der Waals surface area contributed by atoms with Gasteiger partial charge in [-0.2, -0.15) is 0 Å². The second-order valence-electron chi connectivity index (χ2n) is 8.29. The molecule has 3 aromatic rings. The molecule has 5 nitrogen and oxygen atoms in total. The molecule has 5 N–H and O–H groups in total. The van der Waals surface area contributed by atoms with E-state index in [1.165, 1.54) is 0 Å². The minimum absolute atomic E-state index is 0.0736. The van der Waals surface area contributed by atoms with Gasteiger partial charge in [-0.1, -0.05) is 68.4 Å². The van der Waals surface area contributed by atoms with Crippen molar-refractivity contribution in [3.8, 4) is 11.1 Å². The van der Waals surface area contributed by atoms with Gasteiger partial charge in [-0.25, -0.2) is 0 Å². The molecule has 5 heteroatoms. The summed E-state index contributed by atoms with van der Waals surface area (Å²) in [4.78, 5) is 17.7. The quantitative estimate of drug-likeness (QED) is 0.509. The number of carbonyl (C=O) groups excluding carboxylic acids is 1. The second kappa shape index (κ2) is 10.3. The van der Waals surface area contributed by atoms with Crippen LogP contribution in [-0.2, 0) is 30.7 Å². The van der Waals surface area contributed by atoms with Crippen LogP contribution in [0.15, 0.2) is 54.6 Å². The summed E-state index contributed by atoms with van der Waals surface area (Å²) in [7, 11) is 0. The number of nitrogens with one attached hydrogen (secondary N) is 1. The summed E-state index contributed by atoms with van der Waals surface area (Å²) in [6.07, 6.45) is 1.14. The number of pyridine rings is 1. The number of benzene rings is 2. The number of nitrogens with zero attached hydrogens (tertiary/aromatic N) is 1. The van der Waals surface area contributed by atoms with E-state index in [-0.39, 0.29) is 5.91 Å². The number of hydrogen-bond donors (Lipinski definition) is 3. The van der Waals surface area contributed by atoms with Crippen molar-refractivity contribution in [1.82, 2.24) is 4.98 Å². The van der Waals surface area contributed by atoms with E-state index in [4.69, 9.17) is 16.5 Å². The molecule has 0 saturated carbocycles. The average molecular weight is 417 g/mol. The van der Waals surface area contributed by atoms with Gasteiger partial charge in [-0.3, -0.25) is 9.78 Å². The van der Waals surface area contributed by atoms with Gasteiger partial charge in [0.2, 0.25) is 5.91 Å². The lowest BCUT2D eigenvalue weighted by Crippen LogP contribution is -2.19. The molecule has 3 rings (SSSR count). The highest BCUT2D eigenvalue weighted by atomic mass is 16.1. The molecule has 1 heterocycles. The predicted molar refractivity (Wildman–Crippen MR) is 128 cm³/mol. The fraction of sp³-hybridized carbons (Fsp3) is 0.308. The lowest BCUT2D eigenvalue weighted by molar-refractivity contribution is -0.115. The zero-order chi connectivity index (χ0) is 22.4. The van der Waals surface area contributed by atoms with Crippen LogP contribution in [0.1, 0.15) is 41.9 Å². The van der Waals surface area contributed by atoms with Crippen molar-refractivity contribution in [2.75, 3.05) is 5.32 Å². The number of rotatable bonds is 8. The standard InChI is InChI=1S/C26H32N4O/c1-17(2)13-23-22(16-28)25(21-11-9-20(15-27)10-12-21)26(18(3)29-23)30-24(31)14-19-7-5-4-6-8-19/h4-12,17H,13-16,27-28H2,1-3H3,(H,30,31). The molecular formula is C26H32N4O. The first-order valence-corrected chi connectivity index (χ1v) is 10.8. The Morgan fingerprint density at radius 2 is 1.65 bits per heavy atom. The monoisotopic (exact) mass is 416 g/mol. The fourth-order valence-corrected chi connectivity index (χ4v) is 3.82. The molecule has 0 aliphatic rings. The molecule has 1 aromatic heterocycles. The number of nitrogens with two attached hydrogens (primary N) is 2. The van der Waals surface area contributed by atoms with Crippen molar-refractivity contribution in [2.45, 2.75) is 46.7 Å². The van der Waals surface area contributed by atoms with Gasteiger partial charge in [0.05, 0.1) is 17.8 Å². The van der Waals surface area contributed by atoms with Gasteiger partial charge in [0.1, 0.15) is 0 Å². The SMILES string of the molecule is Cc1nc(CC(C)C)c(CN)c(-c2ccc(CN)cc2)c1NC(=O)Cc1ccccc1. The van der Waals surface area contributed by atoms with Gasteiger partial charge >= 0.3 is 0 Å². The van der Waals surface area contributed by atoms with Crippen LogP contribution in [0, 0.1) is 12.8 Å². The first-order chi connectivity index (χ1) is 14.9. The Morgan fingerprint density at radius 1 is 0.968 bits per heavy atom. The summed E-state index contributed by atoms with van der Waals surface area (Å²) in [5.41, 5.74) is 19.5. The van der Waals surface area contributed by atoms with E-state index in [9.17, 15) is 4.79 Å². The molecule has 0 saturated heterocycles. The van der Waals surface area contributed by atoms with Crippen LogP contribution in [-0.4, -0.2) is 10.9 Å². The van der Waals surface area contributed by atoms with E-state index >= 15 is 0 Å². The Hall–Kier alpha value is -3.02. The van der Waals surface area contributed by atoms with Gasteiger partial charge in [0, 0.05) is 24.3 Å². The Bertz CT molecular complexity index is 1030. The van der Waals surface area contributed by atoms with E-state index in [0.29, 0.717) is 25.4 Å². The molecule has 2 aromatic carbocycles. The fourth-order valence-electron chi connectivity index (χ4n) is 3.82. The normalized spacial score (nSPS) is 11.0. The van der Waals surface area contributed by atoms with Crippen LogP contribution in [0.2, 0.25) is 0 Å². The molecule has 0 radical (unpaired) electrons. The molecule has 0 atom stereocenters. The summed E-state index contributed by atoms with van der Waals surface area (Å²) in [5.74, 6) is 0.374. The number of hydrogen-bond acceptors (Lipinski definition) is 4. The average Bonchev–Trinajstić information content (AvgIpc) is 2.75. The van der Waals surface area contributed by atoms with E-state index in [0.717, 1.165) is 51.3 Å². The second-order valence-corrected chi connectivity index (χ2v) is 8.29. The highest BCUT2D eigenvalue weighted by molar-refractivity contribution is 5.98. The van der Waals surface area contributed by atoms with Crippen molar-refractivity contribution in [1.29, 1.82) is 0 Å². The van der Waals surface area contributed by atoms with Gasteiger partial charge in [-0.15, -0.1) is 0 Å². The molecule has 0 fully saturated rings. The smallest absolute Gasteiger partial charge is 0.228 e. The van der Waals surface area contributed by atoms with Crippen LogP contribution < -0.4 is 16.8 Å². The van der Waals surface area contributed by atoms with E-state index in [1.807, 2.05) is 61.5 Å². The third-order valence-corrected chi connectivity index (χ3v) is 5.32. The van der Waals surface area contributed by atoms with Crippen molar-refractivity contribution in [2.24, 2.45) is 17.4 Å². The maximum Gasteiger partial charge on any atom is 0.228 e. The number of carbonyl (C=O) groups is 1. The molecule has 1 amide bonds. The lowest BCUT2D eigenvalue weighted by Gasteiger charge is -2.21. The maximum atomic E-state index is 12.9. The number of amides is 1. The van der Waals surface area contributed by atoms with Crippen molar-refractivity contribution in [3.63, 3.8) is 0 Å². The third kappa shape index (κ3) is 5.57. The van der Waals surface area contributed by atoms with Gasteiger partial charge in [0.15, 0.2) is 0 Å². The molecule has 0 aliphatic heterocycles. The third-order valence-electron chi connectivity index (χ3n) is 5.32. The van der Waals surface area contributed by atoms with Crippen molar-refractivity contribution >= 4 is 11.6 Å². The summed E-state index contributed by atoms with van der Waals surface area (Å²) in [6, 6.07) is 17.8. The topological polar surface area (TPSA) is 94.0 Å². The molecule has 31 heavy (non-hydrogen) atoms. The first-order valence-electron chi connectivity index (χ1n) is 10.8. The van der Waals surface area contributed by atoms with Crippen LogP contribution in [0.3, 0.4) is 0 Å². The Morgan fingerprint density at radius 3 is 2.23 bits per heavy atom. The van der Waals surface area contributed by atoms with Gasteiger partial charge in [-0.05, 0) is 41.5 Å². The highest BCUT2D eigenvalue weighted by Crippen LogP contribution is 2.36. The van der Waals surface area contributed by atoms with E-state index in [2.05, 4.69) is 19.2 Å². The molecule has 0 spiro atoms. The van der Waals surface area contributed by atoms with Gasteiger partial charge in [0.25, 0.3) is 0 Å². The minimum atomic E-state index is -0.0736. The Kier molecular flexibility index (Phi) is 7.55. The zero-order valence-corrected chi connectivity index (χ0v) is 18.6. The first kappa shape index (κ1) is 22.7. The summed E-state index contributed by atoms with van der Waals surface area (Å²) >= 11 is 0. The summed E-state index contributed by atoms with van der Waals surface area (Å²) in [5, 5.41) is 3.13. The minimum Gasteiger partial charge on any atom is -0.326 e. The number of aromatic nitrogens is 1. The molecule has 0 bridgehead atoms. The van der Waals surface area contributed by atoms with E-state index < -0.39 is 0 Å². The van der Waals surface area contributed by atoms with Crippen LogP contribution >= 0.6 is 0 Å². The van der Waals surface area contributed by atoms with Crippen LogP contribution in [0.5, 0.6) is 0 Å². The van der Waals surface area contributed by atoms with E-state index in [1.54, 1.807) is 0 Å². The molecule has 162 valence electrons. The maximum absolute atomic E-state index is 12.9. The highest BCUT2D eigenvalue weighted by Gasteiger charge is 2.21. The lowest BCUT2D eigenvalue weighted by atomic mass is 9.92. The van der Waals surface area contributed by atoms with Crippen LogP contribution in [0.25, 0.3) is 11.1 Å². The van der Waals surface area contributed by atoms with Crippen LogP contribution in [0.4, 0.5) is 5.69 Å². The zero-order valence-electron chi connectivity index (χ0n) is 18.6. The van der Waals surface area contributed by atoms with Crippen molar-refractivity contribution < 1.29 is 4.79 Å². The van der Waals surface area contributed by atoms with Gasteiger partial charge < -0.3 is 16.8 Å². The Labute approximate surface area is 184 Å². The molecule has 0 aliphatic carbocycles.